The van der Waals surface area contributed by atoms with Crippen molar-refractivity contribution in [2.75, 3.05) is 88.3 Å². The third kappa shape index (κ3) is 12.5. The van der Waals surface area contributed by atoms with Gasteiger partial charge in [-0.25, -0.2) is 22.2 Å². The number of halogens is 6. The fraction of sp³-hybridized carbons (Fsp3) is 0.517. The number of carbonyl (C=O) groups is 2. The first-order valence-electron chi connectivity index (χ1n) is 27.4. The van der Waals surface area contributed by atoms with Crippen LogP contribution < -0.4 is 9.80 Å². The summed E-state index contributed by atoms with van der Waals surface area (Å²) in [5, 5.41) is 25.1. The summed E-state index contributed by atoms with van der Waals surface area (Å²) in [6, 6.07) is 15.2. The summed E-state index contributed by atoms with van der Waals surface area (Å²) < 4.78 is 58.9. The van der Waals surface area contributed by atoms with E-state index < -0.39 is 35.1 Å². The Morgan fingerprint density at radius 1 is 0.575 bits per heavy atom. The van der Waals surface area contributed by atoms with Crippen LogP contribution in [0.2, 0.25) is 10.0 Å². The molecule has 2 amide bonds. The Balaban J connectivity index is 0.000000194. The molecule has 22 heteroatoms. The first kappa shape index (κ1) is 58.4. The van der Waals surface area contributed by atoms with Crippen LogP contribution in [0.5, 0.6) is 0 Å². The highest BCUT2D eigenvalue weighted by Gasteiger charge is 2.46. The second-order valence-electron chi connectivity index (χ2n) is 23.8. The number of likely N-dealkylation sites (tertiary alicyclic amines) is 2. The van der Waals surface area contributed by atoms with Crippen molar-refractivity contribution in [1.29, 1.82) is 0 Å². The summed E-state index contributed by atoms with van der Waals surface area (Å²) in [5.41, 5.74) is 6.44. The molecule has 428 valence electrons. The van der Waals surface area contributed by atoms with Crippen LogP contribution in [0.4, 0.5) is 28.9 Å². The molecular formula is C58H72Cl2F4N14O2. The number of piperazine rings is 2. The number of benzene rings is 4. The summed E-state index contributed by atoms with van der Waals surface area (Å²) in [4.78, 5) is 42.2. The maximum absolute atomic E-state index is 14.9. The van der Waals surface area contributed by atoms with Crippen LogP contribution in [0.1, 0.15) is 113 Å². The third-order valence-electron chi connectivity index (χ3n) is 16.7. The molecule has 4 aliphatic rings. The predicted octanol–water partition coefficient (Wildman–Crippen LogP) is 9.37. The molecule has 4 fully saturated rings. The molecule has 10 rings (SSSR count). The normalized spacial score (nSPS) is 21.2. The zero-order valence-corrected chi connectivity index (χ0v) is 48.7. The van der Waals surface area contributed by atoms with E-state index in [1.165, 1.54) is 30.6 Å². The van der Waals surface area contributed by atoms with Crippen molar-refractivity contribution in [1.82, 2.24) is 60.0 Å². The maximum Gasteiger partial charge on any atom is 0.227 e. The van der Waals surface area contributed by atoms with Crippen LogP contribution in [0.15, 0.2) is 73.3 Å². The van der Waals surface area contributed by atoms with Crippen molar-refractivity contribution < 1.29 is 27.2 Å². The molecule has 4 aliphatic heterocycles. The van der Waals surface area contributed by atoms with Gasteiger partial charge in [0.2, 0.25) is 11.8 Å². The molecule has 80 heavy (non-hydrogen) atoms. The lowest BCUT2D eigenvalue weighted by molar-refractivity contribution is -0.136. The van der Waals surface area contributed by atoms with Crippen LogP contribution >= 0.6 is 23.2 Å². The Morgan fingerprint density at radius 3 is 1.39 bits per heavy atom. The van der Waals surface area contributed by atoms with Crippen LogP contribution in [-0.4, -0.2) is 161 Å². The van der Waals surface area contributed by atoms with Gasteiger partial charge in [0.15, 0.2) is 6.33 Å². The number of hydrogen-bond donors (Lipinski definition) is 0. The molecular weight excluding hydrogens is 1070 g/mol. The van der Waals surface area contributed by atoms with Crippen molar-refractivity contribution in [3.8, 4) is 0 Å². The maximum atomic E-state index is 14.9. The Hall–Kier alpha value is -6.22. The average Bonchev–Trinajstić information content (AvgIpc) is 4.32. The summed E-state index contributed by atoms with van der Waals surface area (Å²) in [6.07, 6.45) is 3.01. The Kier molecular flexibility index (Phi) is 17.3. The van der Waals surface area contributed by atoms with E-state index in [-0.39, 0.29) is 46.8 Å². The fourth-order valence-electron chi connectivity index (χ4n) is 11.8. The molecule has 2 aromatic heterocycles. The van der Waals surface area contributed by atoms with E-state index in [0.717, 1.165) is 45.8 Å². The fourth-order valence-corrected chi connectivity index (χ4v) is 12.1. The van der Waals surface area contributed by atoms with Gasteiger partial charge in [0.25, 0.3) is 0 Å². The number of hydrogen-bond acceptors (Lipinski definition) is 12. The van der Waals surface area contributed by atoms with Crippen molar-refractivity contribution in [2.24, 2.45) is 11.8 Å². The number of carbonyl (C=O) groups excluding carboxylic acids is 2. The van der Waals surface area contributed by atoms with Gasteiger partial charge < -0.3 is 19.6 Å². The average molecular weight is 1140 g/mol. The predicted molar refractivity (Wildman–Crippen MR) is 301 cm³/mol. The van der Waals surface area contributed by atoms with Crippen LogP contribution in [0, 0.1) is 49.0 Å². The molecule has 6 heterocycles. The summed E-state index contributed by atoms with van der Waals surface area (Å²) in [6.45, 7) is 27.4. The highest BCUT2D eigenvalue weighted by atomic mass is 35.5. The lowest BCUT2D eigenvalue weighted by Crippen LogP contribution is -2.51. The number of aromatic nitrogens is 8. The second-order valence-corrected chi connectivity index (χ2v) is 24.6. The molecule has 4 saturated heterocycles. The topological polar surface area (TPSA) is 141 Å². The van der Waals surface area contributed by atoms with E-state index in [1.54, 1.807) is 15.8 Å². The Bertz CT molecular complexity index is 2950. The van der Waals surface area contributed by atoms with Crippen molar-refractivity contribution >= 4 is 46.4 Å². The lowest BCUT2D eigenvalue weighted by atomic mass is 9.87. The highest BCUT2D eigenvalue weighted by molar-refractivity contribution is 6.32. The minimum absolute atomic E-state index is 0.0162. The van der Waals surface area contributed by atoms with Crippen molar-refractivity contribution in [3.05, 3.63) is 140 Å². The molecule has 0 radical (unpaired) electrons. The molecule has 6 aromatic rings. The summed E-state index contributed by atoms with van der Waals surface area (Å²) in [7, 11) is 0. The quantitative estimate of drug-likeness (QED) is 0.121. The molecule has 4 unspecified atom stereocenters. The molecule has 16 nitrogen and oxygen atoms in total. The third-order valence-corrected chi connectivity index (χ3v) is 17.6. The number of anilines is 2. The van der Waals surface area contributed by atoms with Gasteiger partial charge >= 0.3 is 0 Å². The summed E-state index contributed by atoms with van der Waals surface area (Å²) in [5.74, 6) is -3.89. The number of aryl methyl sites for hydroxylation is 2. The van der Waals surface area contributed by atoms with E-state index in [4.69, 9.17) is 23.2 Å². The SMILES string of the molecule is Cc1cc(C(C)n2cnnn2)c(N2CCN(C(=O)C3CN(C(C)(C)C)C[C@H]3c3ccc(F)cc3F)CC2)cc1Cl.Cc1cc(C(C)n2ncnn2)c(N2CCN(C(=O)C3CN(C(C)(C)C)C[C@H]3c3ccc(F)cc3F)CC2)cc1Cl. The first-order chi connectivity index (χ1) is 37.9. The van der Waals surface area contributed by atoms with E-state index >= 15 is 0 Å². The molecule has 0 bridgehead atoms. The van der Waals surface area contributed by atoms with Gasteiger partial charge in [0.1, 0.15) is 29.6 Å². The molecule has 6 atom stereocenters. The number of amides is 2. The van der Waals surface area contributed by atoms with Crippen LogP contribution in [0.25, 0.3) is 0 Å². The Morgan fingerprint density at radius 2 is 1.01 bits per heavy atom. The number of nitrogens with zero attached hydrogens (tertiary/aromatic N) is 14. The van der Waals surface area contributed by atoms with E-state index in [9.17, 15) is 27.2 Å². The highest BCUT2D eigenvalue weighted by Crippen LogP contribution is 2.42. The standard InChI is InChI=1S/2C29H36ClF2N7O/c1-18-12-22(19(2)39-17-33-34-35-39)27(14-25(18)30)36-8-10-37(11-9-36)28(40)24-16-38(29(3,4)5)15-23(24)21-7-6-20(31)13-26(21)32;1-18-12-22(19(2)39-34-17-33-35-39)27(14-25(18)30)36-8-10-37(11-9-36)28(40)24-16-38(29(3,4)5)15-23(24)21-7-6-20(31)13-26(21)32/h2*6-7,12-14,17,19,23-24H,8-11,15-16H2,1-5H3/t2*19?,23-,24?/m00/s1. The van der Waals surface area contributed by atoms with E-state index in [1.807, 2.05) is 49.6 Å². The van der Waals surface area contributed by atoms with Gasteiger partial charge in [-0.3, -0.25) is 19.4 Å². The van der Waals surface area contributed by atoms with Crippen molar-refractivity contribution in [3.63, 3.8) is 0 Å². The monoisotopic (exact) mass is 1140 g/mol. The van der Waals surface area contributed by atoms with E-state index in [2.05, 4.69) is 104 Å². The minimum Gasteiger partial charge on any atom is -0.368 e. The largest absolute Gasteiger partial charge is 0.368 e. The van der Waals surface area contributed by atoms with E-state index in [0.29, 0.717) is 99.7 Å². The van der Waals surface area contributed by atoms with Crippen molar-refractivity contribution in [2.45, 2.75) is 104 Å². The minimum atomic E-state index is -0.615. The molecule has 4 aromatic carbocycles. The first-order valence-corrected chi connectivity index (χ1v) is 28.2. The number of rotatable bonds is 10. The van der Waals surface area contributed by atoms with Gasteiger partial charge in [-0.1, -0.05) is 47.5 Å². The summed E-state index contributed by atoms with van der Waals surface area (Å²) >= 11 is 13.1. The van der Waals surface area contributed by atoms with Crippen LogP contribution in [0.3, 0.4) is 0 Å². The van der Waals surface area contributed by atoms with Crippen LogP contribution in [-0.2, 0) is 9.59 Å². The Labute approximate surface area is 475 Å². The molecule has 0 saturated carbocycles. The second kappa shape index (κ2) is 23.7. The molecule has 0 spiro atoms. The molecule has 0 aliphatic carbocycles. The van der Waals surface area contributed by atoms with Gasteiger partial charge in [-0.2, -0.15) is 4.80 Å². The number of tetrazole rings is 2. The van der Waals surface area contributed by atoms with Gasteiger partial charge in [-0.05, 0) is 131 Å². The smallest absolute Gasteiger partial charge is 0.227 e. The van der Waals surface area contributed by atoms with Gasteiger partial charge in [-0.15, -0.1) is 15.3 Å². The zero-order valence-electron chi connectivity index (χ0n) is 47.2. The van der Waals surface area contributed by atoms with Gasteiger partial charge in [0.05, 0.1) is 23.9 Å². The lowest BCUT2D eigenvalue weighted by Gasteiger charge is -2.39. The molecule has 0 N–H and O–H groups in total. The van der Waals surface area contributed by atoms with Gasteiger partial charge in [0, 0.05) is 146 Å². The zero-order chi connectivity index (χ0) is 57.5.